The van der Waals surface area contributed by atoms with Gasteiger partial charge in [0.25, 0.3) is 0 Å². The minimum Gasteiger partial charge on any atom is -0.378 e. The van der Waals surface area contributed by atoms with Gasteiger partial charge in [-0.3, -0.25) is 0 Å². The van der Waals surface area contributed by atoms with Crippen LogP contribution in [0.4, 0.5) is 5.69 Å². The van der Waals surface area contributed by atoms with Crippen molar-refractivity contribution < 1.29 is 8.42 Å². The number of hydrogen-bond donors (Lipinski definition) is 0. The molecule has 2 aromatic rings. The molecule has 0 bridgehead atoms. The van der Waals surface area contributed by atoms with Crippen LogP contribution in [0, 0.1) is 6.92 Å². The molecule has 1 heterocycles. The number of thiocarbonyl (C=S) groups is 1. The normalized spacial score (nSPS) is 15.6. The van der Waals surface area contributed by atoms with Gasteiger partial charge in [-0.25, -0.2) is 8.42 Å². The molecule has 1 aliphatic heterocycles. The third kappa shape index (κ3) is 4.31. The summed E-state index contributed by atoms with van der Waals surface area (Å²) in [5.41, 5.74) is 3.16. The van der Waals surface area contributed by atoms with E-state index in [0.717, 1.165) is 21.8 Å². The quantitative estimate of drug-likeness (QED) is 0.735. The Balaban J connectivity index is 1.66. The Morgan fingerprint density at radius 3 is 2.00 bits per heavy atom. The Labute approximate surface area is 167 Å². The van der Waals surface area contributed by atoms with E-state index in [1.54, 1.807) is 16.4 Å². The van der Waals surface area contributed by atoms with Gasteiger partial charge in [0.15, 0.2) is 0 Å². The topological polar surface area (TPSA) is 43.9 Å². The van der Waals surface area contributed by atoms with E-state index in [-0.39, 0.29) is 0 Å². The molecule has 5 nitrogen and oxygen atoms in total. The lowest BCUT2D eigenvalue weighted by molar-refractivity contribution is 0.269. The predicted octanol–water partition coefficient (Wildman–Crippen LogP) is 2.74. The molecule has 0 amide bonds. The van der Waals surface area contributed by atoms with E-state index in [2.05, 4.69) is 4.90 Å². The summed E-state index contributed by atoms with van der Waals surface area (Å²) in [7, 11) is 0.552. The summed E-state index contributed by atoms with van der Waals surface area (Å²) >= 11 is 5.63. The molecule has 0 aliphatic carbocycles. The van der Waals surface area contributed by atoms with Crippen molar-refractivity contribution in [2.75, 3.05) is 45.2 Å². The second-order valence-electron chi connectivity index (χ2n) is 6.95. The number of aryl methyl sites for hydroxylation is 1. The number of benzene rings is 2. The molecule has 1 aliphatic rings. The first kappa shape index (κ1) is 19.8. The lowest BCUT2D eigenvalue weighted by Crippen LogP contribution is -2.50. The molecule has 144 valence electrons. The van der Waals surface area contributed by atoms with Gasteiger partial charge in [0.2, 0.25) is 10.0 Å². The molecule has 7 heteroatoms. The van der Waals surface area contributed by atoms with Crippen LogP contribution in [0.2, 0.25) is 0 Å². The van der Waals surface area contributed by atoms with Crippen LogP contribution in [0.3, 0.4) is 0 Å². The van der Waals surface area contributed by atoms with Gasteiger partial charge in [0.1, 0.15) is 4.99 Å². The number of sulfonamides is 1. The van der Waals surface area contributed by atoms with E-state index in [9.17, 15) is 8.42 Å². The highest BCUT2D eigenvalue weighted by atomic mass is 32.2. The monoisotopic (exact) mass is 403 g/mol. The summed E-state index contributed by atoms with van der Waals surface area (Å²) in [4.78, 5) is 5.25. The van der Waals surface area contributed by atoms with Gasteiger partial charge in [-0.1, -0.05) is 29.9 Å². The summed E-state index contributed by atoms with van der Waals surface area (Å²) in [5.74, 6) is 0. The standard InChI is InChI=1S/C20H25N3O2S2/c1-16-4-10-19(11-5-16)27(24,25)23-14-12-22(13-15-23)20(26)17-6-8-18(9-7-17)21(2)3/h4-11H,12-15H2,1-3H3. The van der Waals surface area contributed by atoms with Gasteiger partial charge in [-0.05, 0) is 43.3 Å². The summed E-state index contributed by atoms with van der Waals surface area (Å²) in [6, 6.07) is 15.1. The van der Waals surface area contributed by atoms with Crippen LogP contribution in [-0.2, 0) is 10.0 Å². The van der Waals surface area contributed by atoms with Crippen LogP contribution in [0.15, 0.2) is 53.4 Å². The van der Waals surface area contributed by atoms with Gasteiger partial charge < -0.3 is 9.80 Å². The zero-order valence-electron chi connectivity index (χ0n) is 15.9. The van der Waals surface area contributed by atoms with Crippen LogP contribution in [-0.4, -0.2) is 62.9 Å². The lowest BCUT2D eigenvalue weighted by Gasteiger charge is -2.35. The summed E-state index contributed by atoms with van der Waals surface area (Å²) in [5, 5.41) is 0. The molecule has 0 N–H and O–H groups in total. The second kappa shape index (κ2) is 7.96. The Bertz CT molecular complexity index is 899. The zero-order valence-corrected chi connectivity index (χ0v) is 17.6. The van der Waals surface area contributed by atoms with Crippen LogP contribution >= 0.6 is 12.2 Å². The molecule has 1 saturated heterocycles. The fraction of sp³-hybridized carbons (Fsp3) is 0.350. The van der Waals surface area contributed by atoms with Gasteiger partial charge in [-0.15, -0.1) is 0 Å². The maximum absolute atomic E-state index is 12.8. The summed E-state index contributed by atoms with van der Waals surface area (Å²) in [6.07, 6.45) is 0. The lowest BCUT2D eigenvalue weighted by atomic mass is 10.1. The Morgan fingerprint density at radius 1 is 0.926 bits per heavy atom. The molecule has 3 rings (SSSR count). The van der Waals surface area contributed by atoms with Gasteiger partial charge in [-0.2, -0.15) is 4.31 Å². The molecular weight excluding hydrogens is 378 g/mol. The molecular formula is C20H25N3O2S2. The average Bonchev–Trinajstić information content (AvgIpc) is 2.68. The van der Waals surface area contributed by atoms with E-state index in [0.29, 0.717) is 31.1 Å². The maximum Gasteiger partial charge on any atom is 0.243 e. The second-order valence-corrected chi connectivity index (χ2v) is 9.28. The van der Waals surface area contributed by atoms with E-state index in [1.165, 1.54) is 0 Å². The van der Waals surface area contributed by atoms with Gasteiger partial charge in [0, 0.05) is 51.5 Å². The highest BCUT2D eigenvalue weighted by Crippen LogP contribution is 2.20. The molecule has 0 unspecified atom stereocenters. The molecule has 0 radical (unpaired) electrons. The van der Waals surface area contributed by atoms with Crippen molar-refractivity contribution in [3.05, 3.63) is 59.7 Å². The van der Waals surface area contributed by atoms with Crippen molar-refractivity contribution in [1.29, 1.82) is 0 Å². The highest BCUT2D eigenvalue weighted by Gasteiger charge is 2.29. The van der Waals surface area contributed by atoms with Crippen molar-refractivity contribution in [3.63, 3.8) is 0 Å². The molecule has 0 spiro atoms. The third-order valence-electron chi connectivity index (χ3n) is 4.82. The third-order valence-corrected chi connectivity index (χ3v) is 7.22. The summed E-state index contributed by atoms with van der Waals surface area (Å²) < 4.78 is 27.2. The van der Waals surface area contributed by atoms with Gasteiger partial charge in [0.05, 0.1) is 4.90 Å². The number of piperazine rings is 1. The minimum absolute atomic E-state index is 0.350. The van der Waals surface area contributed by atoms with Crippen molar-refractivity contribution in [2.45, 2.75) is 11.8 Å². The van der Waals surface area contributed by atoms with Crippen LogP contribution in [0.5, 0.6) is 0 Å². The van der Waals surface area contributed by atoms with E-state index >= 15 is 0 Å². The van der Waals surface area contributed by atoms with Crippen LogP contribution < -0.4 is 4.90 Å². The highest BCUT2D eigenvalue weighted by molar-refractivity contribution is 7.89. The first-order valence-corrected chi connectivity index (χ1v) is 10.8. The maximum atomic E-state index is 12.8. The van der Waals surface area contributed by atoms with Crippen LogP contribution in [0.25, 0.3) is 0 Å². The van der Waals surface area contributed by atoms with Crippen LogP contribution in [0.1, 0.15) is 11.1 Å². The van der Waals surface area contributed by atoms with E-state index in [4.69, 9.17) is 12.2 Å². The van der Waals surface area contributed by atoms with Crippen molar-refractivity contribution >= 4 is 32.9 Å². The van der Waals surface area contributed by atoms with Crippen molar-refractivity contribution in [1.82, 2.24) is 9.21 Å². The average molecular weight is 404 g/mol. The van der Waals surface area contributed by atoms with Crippen molar-refractivity contribution in [2.24, 2.45) is 0 Å². The SMILES string of the molecule is Cc1ccc(S(=O)(=O)N2CCN(C(=S)c3ccc(N(C)C)cc3)CC2)cc1. The predicted molar refractivity (Wildman–Crippen MR) is 114 cm³/mol. The molecule has 0 saturated carbocycles. The molecule has 27 heavy (non-hydrogen) atoms. The zero-order chi connectivity index (χ0) is 19.6. The molecule has 2 aromatic carbocycles. The number of rotatable bonds is 4. The number of anilines is 1. The molecule has 0 aromatic heterocycles. The molecule has 0 atom stereocenters. The number of hydrogen-bond acceptors (Lipinski definition) is 4. The first-order chi connectivity index (χ1) is 12.8. The number of nitrogens with zero attached hydrogens (tertiary/aromatic N) is 3. The Hall–Kier alpha value is -1.96. The molecule has 1 fully saturated rings. The fourth-order valence-corrected chi connectivity index (χ4v) is 4.82. The largest absolute Gasteiger partial charge is 0.378 e. The van der Waals surface area contributed by atoms with Crippen molar-refractivity contribution in [3.8, 4) is 0 Å². The smallest absolute Gasteiger partial charge is 0.243 e. The Morgan fingerprint density at radius 2 is 1.48 bits per heavy atom. The first-order valence-electron chi connectivity index (χ1n) is 8.92. The van der Waals surface area contributed by atoms with E-state index < -0.39 is 10.0 Å². The Kier molecular flexibility index (Phi) is 5.83. The minimum atomic E-state index is -3.45. The van der Waals surface area contributed by atoms with E-state index in [1.807, 2.05) is 62.3 Å². The summed E-state index contributed by atoms with van der Waals surface area (Å²) in [6.45, 7) is 4.01. The fourth-order valence-electron chi connectivity index (χ4n) is 3.08. The van der Waals surface area contributed by atoms with Gasteiger partial charge >= 0.3 is 0 Å².